The van der Waals surface area contributed by atoms with Gasteiger partial charge in [0, 0.05) is 43.9 Å². The van der Waals surface area contributed by atoms with E-state index in [1.807, 2.05) is 19.9 Å². The zero-order valence-electron chi connectivity index (χ0n) is 22.3. The van der Waals surface area contributed by atoms with Crippen LogP contribution in [-0.2, 0) is 21.2 Å². The van der Waals surface area contributed by atoms with Gasteiger partial charge >= 0.3 is 0 Å². The molecular weight excluding hydrogens is 539 g/mol. The first-order chi connectivity index (χ1) is 19.1. The minimum absolute atomic E-state index is 0.0378. The van der Waals surface area contributed by atoms with Crippen LogP contribution in [0, 0.1) is 5.82 Å². The van der Waals surface area contributed by atoms with Crippen LogP contribution in [0.25, 0.3) is 16.7 Å². The van der Waals surface area contributed by atoms with E-state index >= 15 is 0 Å². The number of fused-ring (bicyclic) bond motifs is 1. The van der Waals surface area contributed by atoms with Gasteiger partial charge in [-0.25, -0.2) is 27.5 Å². The highest BCUT2D eigenvalue weighted by molar-refractivity contribution is 7.90. The molecule has 1 aliphatic rings. The number of hydrogen-bond donors (Lipinski definition) is 0. The molecule has 1 amide bonds. The molecular formula is C27H29FN6O5S. The van der Waals surface area contributed by atoms with Gasteiger partial charge in [-0.05, 0) is 38.1 Å². The van der Waals surface area contributed by atoms with E-state index in [2.05, 4.69) is 20.1 Å². The minimum atomic E-state index is -3.56. The maximum Gasteiger partial charge on any atom is 0.272 e. The van der Waals surface area contributed by atoms with E-state index in [1.165, 1.54) is 29.3 Å². The number of nitrogens with zero attached hydrogens (tertiary/aromatic N) is 6. The fourth-order valence-corrected chi connectivity index (χ4v) is 5.10. The third-order valence-corrected chi connectivity index (χ3v) is 7.69. The number of sulfone groups is 1. The Kier molecular flexibility index (Phi) is 7.76. The summed E-state index contributed by atoms with van der Waals surface area (Å²) in [5.74, 6) is -0.596. The van der Waals surface area contributed by atoms with Crippen molar-refractivity contribution in [2.24, 2.45) is 0 Å². The van der Waals surface area contributed by atoms with Crippen LogP contribution in [0.3, 0.4) is 0 Å². The second-order valence-electron chi connectivity index (χ2n) is 9.84. The lowest BCUT2D eigenvalue weighted by molar-refractivity contribution is 0.0546. The van der Waals surface area contributed by atoms with Crippen molar-refractivity contribution >= 4 is 26.8 Å². The average molecular weight is 569 g/mol. The zero-order valence-corrected chi connectivity index (χ0v) is 23.1. The predicted molar refractivity (Wildman–Crippen MR) is 143 cm³/mol. The summed E-state index contributed by atoms with van der Waals surface area (Å²) in [6.07, 6.45) is 6.40. The summed E-state index contributed by atoms with van der Waals surface area (Å²) < 4.78 is 51.5. The molecule has 0 atom stereocenters. The standard InChI is InChI=1S/C27H29FN6O5S/c1-17(2)38-15-18-5-4-10-29-24(18)27(35)33-11-8-19(9-12-33)39-26-21-14-32-34(25(21)30-16-31-26)23-7-6-20(13-22(23)28)40(3,36)37/h4-7,10,13-14,16-17,19H,8-9,11-12,15H2,1-3H3. The number of likely N-dealkylation sites (tertiary alicyclic amines) is 1. The van der Waals surface area contributed by atoms with E-state index in [9.17, 15) is 17.6 Å². The Labute approximate surface area is 230 Å². The molecule has 1 aromatic carbocycles. The zero-order chi connectivity index (χ0) is 28.4. The third kappa shape index (κ3) is 5.80. The Morgan fingerprint density at radius 1 is 1.15 bits per heavy atom. The molecule has 40 heavy (non-hydrogen) atoms. The lowest BCUT2D eigenvalue weighted by Gasteiger charge is -2.32. The molecule has 210 valence electrons. The molecule has 4 heterocycles. The van der Waals surface area contributed by atoms with Crippen molar-refractivity contribution in [3.63, 3.8) is 0 Å². The molecule has 5 rings (SSSR count). The molecule has 0 saturated carbocycles. The Balaban J connectivity index is 1.28. The Hall–Kier alpha value is -3.97. The first-order valence-electron chi connectivity index (χ1n) is 12.8. The minimum Gasteiger partial charge on any atom is -0.474 e. The molecule has 13 heteroatoms. The molecule has 1 saturated heterocycles. The number of aromatic nitrogens is 5. The fraction of sp³-hybridized carbons (Fsp3) is 0.370. The predicted octanol–water partition coefficient (Wildman–Crippen LogP) is 3.36. The van der Waals surface area contributed by atoms with Gasteiger partial charge in [0.1, 0.15) is 35.0 Å². The van der Waals surface area contributed by atoms with Gasteiger partial charge in [-0.3, -0.25) is 9.78 Å². The van der Waals surface area contributed by atoms with Gasteiger partial charge < -0.3 is 14.4 Å². The van der Waals surface area contributed by atoms with Gasteiger partial charge in [-0.1, -0.05) is 6.07 Å². The van der Waals surface area contributed by atoms with E-state index in [4.69, 9.17) is 9.47 Å². The summed E-state index contributed by atoms with van der Waals surface area (Å²) in [5, 5.41) is 4.73. The molecule has 0 aliphatic carbocycles. The molecule has 0 N–H and O–H groups in total. The smallest absolute Gasteiger partial charge is 0.272 e. The van der Waals surface area contributed by atoms with Crippen molar-refractivity contribution in [3.05, 3.63) is 66.1 Å². The lowest BCUT2D eigenvalue weighted by atomic mass is 10.1. The van der Waals surface area contributed by atoms with Gasteiger partial charge in [0.25, 0.3) is 5.91 Å². The molecule has 0 radical (unpaired) electrons. The van der Waals surface area contributed by atoms with Gasteiger partial charge in [0.2, 0.25) is 5.88 Å². The van der Waals surface area contributed by atoms with E-state index in [0.717, 1.165) is 17.9 Å². The number of piperidine rings is 1. The van der Waals surface area contributed by atoms with Crippen molar-refractivity contribution in [2.75, 3.05) is 19.3 Å². The molecule has 11 nitrogen and oxygen atoms in total. The summed E-state index contributed by atoms with van der Waals surface area (Å²) in [4.78, 5) is 27.7. The Bertz CT molecular complexity index is 1650. The largest absolute Gasteiger partial charge is 0.474 e. The second kappa shape index (κ2) is 11.3. The number of carbonyl (C=O) groups excluding carboxylic acids is 1. The van der Waals surface area contributed by atoms with Crippen molar-refractivity contribution in [1.82, 2.24) is 29.6 Å². The Morgan fingerprint density at radius 3 is 2.62 bits per heavy atom. The first kappa shape index (κ1) is 27.6. The summed E-state index contributed by atoms with van der Waals surface area (Å²) >= 11 is 0. The monoisotopic (exact) mass is 568 g/mol. The molecule has 0 bridgehead atoms. The second-order valence-corrected chi connectivity index (χ2v) is 11.9. The van der Waals surface area contributed by atoms with Crippen molar-refractivity contribution in [2.45, 2.75) is 50.4 Å². The molecule has 4 aromatic rings. The van der Waals surface area contributed by atoms with Gasteiger partial charge in [0.05, 0.1) is 23.8 Å². The van der Waals surface area contributed by atoms with Crippen molar-refractivity contribution in [1.29, 1.82) is 0 Å². The SMILES string of the molecule is CC(C)OCc1cccnc1C(=O)N1CCC(Oc2ncnc3c2cnn3-c2ccc(S(C)(=O)=O)cc2F)CC1. The number of benzene rings is 1. The molecule has 3 aromatic heterocycles. The van der Waals surface area contributed by atoms with E-state index in [1.54, 1.807) is 17.2 Å². The number of rotatable bonds is 8. The van der Waals surface area contributed by atoms with E-state index in [-0.39, 0.29) is 28.7 Å². The lowest BCUT2D eigenvalue weighted by Crippen LogP contribution is -2.42. The number of carbonyl (C=O) groups is 1. The third-order valence-electron chi connectivity index (χ3n) is 6.58. The maximum atomic E-state index is 14.8. The van der Waals surface area contributed by atoms with Crippen LogP contribution < -0.4 is 4.74 Å². The van der Waals surface area contributed by atoms with Crippen molar-refractivity contribution < 1.29 is 27.1 Å². The van der Waals surface area contributed by atoms with Gasteiger partial charge in [-0.15, -0.1) is 0 Å². The number of ether oxygens (including phenoxy) is 2. The number of hydrogen-bond acceptors (Lipinski definition) is 9. The molecule has 0 unspecified atom stereocenters. The highest BCUT2D eigenvalue weighted by Crippen LogP contribution is 2.28. The highest BCUT2D eigenvalue weighted by Gasteiger charge is 2.28. The van der Waals surface area contributed by atoms with Crippen LogP contribution in [0.1, 0.15) is 42.7 Å². The number of amides is 1. The van der Waals surface area contributed by atoms with Gasteiger partial charge in [-0.2, -0.15) is 5.10 Å². The van der Waals surface area contributed by atoms with Gasteiger partial charge in [0.15, 0.2) is 15.5 Å². The van der Waals surface area contributed by atoms with Crippen LogP contribution in [0.15, 0.2) is 53.9 Å². The van der Waals surface area contributed by atoms with E-state index in [0.29, 0.717) is 55.1 Å². The topological polar surface area (TPSA) is 129 Å². The number of halogens is 1. The molecule has 1 fully saturated rings. The van der Waals surface area contributed by atoms with Crippen LogP contribution in [0.5, 0.6) is 5.88 Å². The molecule has 1 aliphatic heterocycles. The van der Waals surface area contributed by atoms with Crippen LogP contribution in [0.2, 0.25) is 0 Å². The normalized spacial score (nSPS) is 14.7. The summed E-state index contributed by atoms with van der Waals surface area (Å²) in [5.41, 5.74) is 1.51. The van der Waals surface area contributed by atoms with Crippen LogP contribution >= 0.6 is 0 Å². The number of pyridine rings is 1. The fourth-order valence-electron chi connectivity index (χ4n) is 4.47. The van der Waals surface area contributed by atoms with Crippen LogP contribution in [0.4, 0.5) is 4.39 Å². The first-order valence-corrected chi connectivity index (χ1v) is 14.7. The van der Waals surface area contributed by atoms with Crippen LogP contribution in [-0.4, -0.2) is 75.5 Å². The summed E-state index contributed by atoms with van der Waals surface area (Å²) in [6.45, 7) is 5.16. The highest BCUT2D eigenvalue weighted by atomic mass is 32.2. The maximum absolute atomic E-state index is 14.8. The quantitative estimate of drug-likeness (QED) is 0.314. The Morgan fingerprint density at radius 2 is 1.93 bits per heavy atom. The van der Waals surface area contributed by atoms with Crippen molar-refractivity contribution in [3.8, 4) is 11.6 Å². The summed E-state index contributed by atoms with van der Waals surface area (Å²) in [6, 6.07) is 7.26. The van der Waals surface area contributed by atoms with E-state index < -0.39 is 15.7 Å². The molecule has 0 spiro atoms. The average Bonchev–Trinajstić information content (AvgIpc) is 3.36. The summed E-state index contributed by atoms with van der Waals surface area (Å²) in [7, 11) is -3.56.